The van der Waals surface area contributed by atoms with E-state index in [-0.39, 0.29) is 35.6 Å². The summed E-state index contributed by atoms with van der Waals surface area (Å²) in [5.74, 6) is -4.51. The second-order valence-corrected chi connectivity index (χ2v) is 9.73. The van der Waals surface area contributed by atoms with Crippen LogP contribution in [0.4, 0.5) is 43.9 Å². The summed E-state index contributed by atoms with van der Waals surface area (Å²) in [6, 6.07) is 2.37. The Morgan fingerprint density at radius 2 is 1.27 bits per heavy atom. The maximum Gasteiger partial charge on any atom is 0.432 e. The molecule has 1 aliphatic rings. The lowest BCUT2D eigenvalue weighted by Gasteiger charge is -2.19. The van der Waals surface area contributed by atoms with Gasteiger partial charge in [-0.25, -0.2) is 35.1 Å². The Kier molecular flexibility index (Phi) is 9.78. The van der Waals surface area contributed by atoms with Crippen LogP contribution in [-0.2, 0) is 6.11 Å². The van der Waals surface area contributed by atoms with Crippen LogP contribution < -0.4 is 4.74 Å². The van der Waals surface area contributed by atoms with Crippen LogP contribution in [0.15, 0.2) is 60.0 Å². The maximum absolute atomic E-state index is 14.6. The summed E-state index contributed by atoms with van der Waals surface area (Å²) in [6.07, 6.45) is 1.46. The van der Waals surface area contributed by atoms with Gasteiger partial charge in [-0.05, 0) is 42.7 Å². The van der Waals surface area contributed by atoms with Crippen LogP contribution in [0.2, 0.25) is 0 Å². The van der Waals surface area contributed by atoms with Gasteiger partial charge in [0.2, 0.25) is 0 Å². The van der Waals surface area contributed by atoms with Crippen molar-refractivity contribution in [3.05, 3.63) is 123 Å². The van der Waals surface area contributed by atoms with Gasteiger partial charge in [0.25, 0.3) is 0 Å². The first-order chi connectivity index (χ1) is 20.8. The predicted molar refractivity (Wildman–Crippen MR) is 141 cm³/mol. The van der Waals surface area contributed by atoms with Gasteiger partial charge in [-0.3, -0.25) is 0 Å². The van der Waals surface area contributed by atoms with E-state index in [9.17, 15) is 43.9 Å². The molecule has 3 aromatic carbocycles. The Balaban J connectivity index is 1.54. The fraction of sp³-hybridized carbons (Fsp3) is 0.212. The first-order valence-corrected chi connectivity index (χ1v) is 13.1. The molecule has 0 aliphatic heterocycles. The van der Waals surface area contributed by atoms with Crippen molar-refractivity contribution in [3.63, 3.8) is 0 Å². The Bertz CT molecular complexity index is 1710. The van der Waals surface area contributed by atoms with Crippen molar-refractivity contribution < 1.29 is 48.6 Å². The molecule has 0 fully saturated rings. The Labute approximate surface area is 245 Å². The van der Waals surface area contributed by atoms with Gasteiger partial charge in [-0.15, -0.1) is 0 Å². The van der Waals surface area contributed by atoms with Crippen molar-refractivity contribution in [2.75, 3.05) is 0 Å². The van der Waals surface area contributed by atoms with Crippen molar-refractivity contribution in [1.82, 2.24) is 0 Å². The largest absolute Gasteiger partial charge is 0.432 e. The summed E-state index contributed by atoms with van der Waals surface area (Å²) in [5.41, 5.74) is -3.45. The monoisotopic (exact) mass is 622 g/mol. The van der Waals surface area contributed by atoms with Gasteiger partial charge in [-0.1, -0.05) is 49.5 Å². The zero-order chi connectivity index (χ0) is 32.2. The highest BCUT2D eigenvalue weighted by Crippen LogP contribution is 2.36. The summed E-state index contributed by atoms with van der Waals surface area (Å²) in [7, 11) is 0. The van der Waals surface area contributed by atoms with E-state index in [0.717, 1.165) is 31.4 Å². The van der Waals surface area contributed by atoms with E-state index in [1.807, 2.05) is 18.9 Å². The number of rotatable bonds is 6. The lowest BCUT2D eigenvalue weighted by Crippen LogP contribution is -2.25. The van der Waals surface area contributed by atoms with Gasteiger partial charge in [0, 0.05) is 29.7 Å². The molecule has 0 saturated carbocycles. The zero-order valence-electron chi connectivity index (χ0n) is 22.7. The highest BCUT2D eigenvalue weighted by Gasteiger charge is 2.41. The van der Waals surface area contributed by atoms with E-state index in [2.05, 4.69) is 22.5 Å². The van der Waals surface area contributed by atoms with Crippen LogP contribution in [0.1, 0.15) is 54.9 Å². The topological polar surface area (TPSA) is 9.23 Å². The Morgan fingerprint density at radius 1 is 0.727 bits per heavy atom. The molecule has 228 valence electrons. The molecule has 0 bridgehead atoms. The van der Waals surface area contributed by atoms with E-state index in [0.29, 0.717) is 12.1 Å². The summed E-state index contributed by atoms with van der Waals surface area (Å²) >= 11 is 0. The minimum atomic E-state index is -4.82. The molecule has 0 N–H and O–H groups in total. The third-order valence-electron chi connectivity index (χ3n) is 6.45. The molecule has 0 spiro atoms. The van der Waals surface area contributed by atoms with Gasteiger partial charge < -0.3 is 4.74 Å². The predicted octanol–water partition coefficient (Wildman–Crippen LogP) is 9.53. The van der Waals surface area contributed by atoms with Crippen molar-refractivity contribution in [2.24, 2.45) is 5.92 Å². The van der Waals surface area contributed by atoms with E-state index in [1.165, 1.54) is 6.08 Å². The molecule has 1 unspecified atom stereocenters. The Morgan fingerprint density at radius 3 is 1.82 bits per heavy atom. The number of unbranched alkanes of at least 4 members (excludes halogenated alkanes) is 1. The van der Waals surface area contributed by atoms with Gasteiger partial charge in [0.05, 0.1) is 11.1 Å². The van der Waals surface area contributed by atoms with Crippen molar-refractivity contribution in [3.8, 4) is 29.4 Å². The van der Waals surface area contributed by atoms with E-state index in [1.54, 1.807) is 0 Å². The molecule has 1 aliphatic carbocycles. The van der Waals surface area contributed by atoms with Gasteiger partial charge in [0.15, 0.2) is 17.5 Å². The van der Waals surface area contributed by atoms with Crippen LogP contribution in [0, 0.1) is 70.3 Å². The van der Waals surface area contributed by atoms with Gasteiger partial charge in [-0.2, -0.15) is 8.78 Å². The highest BCUT2D eigenvalue weighted by molar-refractivity contribution is 5.51. The van der Waals surface area contributed by atoms with Crippen LogP contribution in [0.5, 0.6) is 5.75 Å². The SMILES string of the molecule is CCCCC1C=CC(C#Cc2cc(F)c(C#Cc3cc(F)c(C(F)(F)Oc4cc(F)c(F)c(F)c4)c(F)c3)c(F)c2)=C(F)C1. The molecule has 0 saturated heterocycles. The number of hydrogen-bond acceptors (Lipinski definition) is 1. The molecule has 4 rings (SSSR count). The Hall–Kier alpha value is -4.64. The van der Waals surface area contributed by atoms with Crippen molar-refractivity contribution in [1.29, 1.82) is 0 Å². The summed E-state index contributed by atoms with van der Waals surface area (Å²) in [5, 5.41) is 0. The molecular formula is C33H20F10O. The summed E-state index contributed by atoms with van der Waals surface area (Å²) in [4.78, 5) is 0. The molecule has 1 atom stereocenters. The lowest BCUT2D eigenvalue weighted by molar-refractivity contribution is -0.189. The van der Waals surface area contributed by atoms with Crippen LogP contribution >= 0.6 is 0 Å². The minimum absolute atomic E-state index is 0.0497. The molecule has 0 heterocycles. The molecule has 1 nitrogen and oxygen atoms in total. The third-order valence-corrected chi connectivity index (χ3v) is 6.45. The smallest absolute Gasteiger partial charge is 0.429 e. The number of ether oxygens (including phenoxy) is 1. The van der Waals surface area contributed by atoms with Crippen LogP contribution in [-0.4, -0.2) is 0 Å². The third kappa shape index (κ3) is 7.46. The van der Waals surface area contributed by atoms with E-state index < -0.39 is 75.1 Å². The fourth-order valence-corrected chi connectivity index (χ4v) is 4.26. The molecule has 11 heteroatoms. The van der Waals surface area contributed by atoms with Crippen LogP contribution in [0.25, 0.3) is 0 Å². The van der Waals surface area contributed by atoms with Gasteiger partial charge in [0.1, 0.15) is 40.4 Å². The fourth-order valence-electron chi connectivity index (χ4n) is 4.26. The average Bonchev–Trinajstić information content (AvgIpc) is 2.93. The zero-order valence-corrected chi connectivity index (χ0v) is 22.7. The molecule has 0 amide bonds. The first kappa shape index (κ1) is 32.3. The van der Waals surface area contributed by atoms with Crippen LogP contribution in [0.3, 0.4) is 0 Å². The number of alkyl halides is 2. The number of halogens is 10. The first-order valence-electron chi connectivity index (χ1n) is 13.1. The molecular weight excluding hydrogens is 602 g/mol. The van der Waals surface area contributed by atoms with Gasteiger partial charge >= 0.3 is 6.11 Å². The molecule has 3 aromatic rings. The quantitative estimate of drug-likeness (QED) is 0.151. The second-order valence-electron chi connectivity index (χ2n) is 9.73. The average molecular weight is 623 g/mol. The van der Waals surface area contributed by atoms with E-state index in [4.69, 9.17) is 0 Å². The number of hydrogen-bond donors (Lipinski definition) is 0. The summed E-state index contributed by atoms with van der Waals surface area (Å²) in [6.45, 7) is 2.03. The minimum Gasteiger partial charge on any atom is -0.429 e. The maximum atomic E-state index is 14.6. The number of allylic oxidation sites excluding steroid dienone is 4. The summed E-state index contributed by atoms with van der Waals surface area (Å²) < 4.78 is 146. The molecule has 0 radical (unpaired) electrons. The van der Waals surface area contributed by atoms with Crippen molar-refractivity contribution in [2.45, 2.75) is 38.7 Å². The normalized spacial score (nSPS) is 14.6. The highest BCUT2D eigenvalue weighted by atomic mass is 19.3. The standard InChI is InChI=1S/C33H20F10O/c1-2-3-4-18-5-8-21(24(34)11-18)9-6-19-12-25(35)23(26(36)13-19)10-7-20-14-27(37)31(28(38)15-20)33(42,43)44-22-16-29(39)32(41)30(40)17-22/h5,8,12-18H,2-4,11H2,1H3. The molecule has 44 heavy (non-hydrogen) atoms. The van der Waals surface area contributed by atoms with Crippen molar-refractivity contribution >= 4 is 0 Å². The lowest BCUT2D eigenvalue weighted by atomic mass is 9.91. The molecule has 0 aromatic heterocycles. The second kappa shape index (κ2) is 13.3. The number of benzene rings is 3. The van der Waals surface area contributed by atoms with E-state index >= 15 is 0 Å².